The molecule has 3 aliphatic rings. The second-order valence-electron chi connectivity index (χ2n) is 5.32. The monoisotopic (exact) mass is 179 g/mol. The molecule has 2 bridgehead atoms. The number of hydrogen-bond acceptors (Lipinski definition) is 1. The van der Waals surface area contributed by atoms with Crippen molar-refractivity contribution in [1.29, 1.82) is 0 Å². The van der Waals surface area contributed by atoms with E-state index in [1.807, 2.05) is 0 Å². The van der Waals surface area contributed by atoms with Gasteiger partial charge in [0, 0.05) is 6.04 Å². The summed E-state index contributed by atoms with van der Waals surface area (Å²) < 4.78 is 0. The highest BCUT2D eigenvalue weighted by Crippen LogP contribution is 2.58. The first-order chi connectivity index (χ1) is 6.40. The maximum atomic E-state index is 3.69. The standard InChI is InChI=1S/C12H21N/c1-2-13-12-7-8-6-11(12)10-5-3-4-9(8)10/h8-13H,2-7H2,1H3. The van der Waals surface area contributed by atoms with Gasteiger partial charge in [0.05, 0.1) is 0 Å². The summed E-state index contributed by atoms with van der Waals surface area (Å²) in [5.74, 6) is 4.46. The van der Waals surface area contributed by atoms with Crippen LogP contribution in [-0.4, -0.2) is 12.6 Å². The van der Waals surface area contributed by atoms with Gasteiger partial charge in [0.2, 0.25) is 0 Å². The van der Waals surface area contributed by atoms with Crippen LogP contribution in [0.15, 0.2) is 0 Å². The van der Waals surface area contributed by atoms with Crippen molar-refractivity contribution in [1.82, 2.24) is 5.32 Å². The summed E-state index contributed by atoms with van der Waals surface area (Å²) in [6, 6.07) is 0.898. The van der Waals surface area contributed by atoms with E-state index in [9.17, 15) is 0 Å². The third-order valence-electron chi connectivity index (χ3n) is 4.90. The molecule has 3 saturated carbocycles. The maximum Gasteiger partial charge on any atom is 0.0101 e. The fourth-order valence-electron chi connectivity index (χ4n) is 4.56. The van der Waals surface area contributed by atoms with Crippen molar-refractivity contribution >= 4 is 0 Å². The van der Waals surface area contributed by atoms with E-state index < -0.39 is 0 Å². The minimum Gasteiger partial charge on any atom is -0.314 e. The molecule has 3 rings (SSSR count). The minimum atomic E-state index is 0.898. The lowest BCUT2D eigenvalue weighted by atomic mass is 9.79. The average Bonchev–Trinajstić information content (AvgIpc) is 2.72. The van der Waals surface area contributed by atoms with Crippen LogP contribution in [0.25, 0.3) is 0 Å². The van der Waals surface area contributed by atoms with Crippen LogP contribution in [0, 0.1) is 23.7 Å². The highest BCUT2D eigenvalue weighted by molar-refractivity contribution is 5.05. The summed E-state index contributed by atoms with van der Waals surface area (Å²) in [4.78, 5) is 0. The Hall–Kier alpha value is -0.0400. The van der Waals surface area contributed by atoms with Gasteiger partial charge >= 0.3 is 0 Å². The first kappa shape index (κ1) is 8.28. The Labute approximate surface area is 81.3 Å². The summed E-state index contributed by atoms with van der Waals surface area (Å²) in [5.41, 5.74) is 0. The first-order valence-electron chi connectivity index (χ1n) is 6.13. The van der Waals surface area contributed by atoms with Crippen molar-refractivity contribution in [3.63, 3.8) is 0 Å². The lowest BCUT2D eigenvalue weighted by molar-refractivity contribution is 0.211. The second-order valence-corrected chi connectivity index (χ2v) is 5.32. The van der Waals surface area contributed by atoms with E-state index in [0.29, 0.717) is 0 Å². The number of rotatable bonds is 2. The van der Waals surface area contributed by atoms with Crippen molar-refractivity contribution in [2.75, 3.05) is 6.54 Å². The van der Waals surface area contributed by atoms with Gasteiger partial charge in [0.25, 0.3) is 0 Å². The van der Waals surface area contributed by atoms with Crippen LogP contribution in [0.4, 0.5) is 0 Å². The molecule has 1 nitrogen and oxygen atoms in total. The fourth-order valence-corrected chi connectivity index (χ4v) is 4.56. The summed E-state index contributed by atoms with van der Waals surface area (Å²) in [6.45, 7) is 3.42. The molecule has 1 N–H and O–H groups in total. The van der Waals surface area contributed by atoms with E-state index in [1.165, 1.54) is 19.4 Å². The molecule has 13 heavy (non-hydrogen) atoms. The molecule has 0 spiro atoms. The van der Waals surface area contributed by atoms with E-state index in [1.54, 1.807) is 19.3 Å². The topological polar surface area (TPSA) is 12.0 Å². The van der Waals surface area contributed by atoms with Crippen LogP contribution in [-0.2, 0) is 0 Å². The normalized spacial score (nSPS) is 52.8. The largest absolute Gasteiger partial charge is 0.314 e. The zero-order chi connectivity index (χ0) is 8.84. The van der Waals surface area contributed by atoms with Crippen LogP contribution in [0.1, 0.15) is 39.0 Å². The van der Waals surface area contributed by atoms with Gasteiger partial charge in [0.1, 0.15) is 0 Å². The molecule has 0 radical (unpaired) electrons. The molecular weight excluding hydrogens is 158 g/mol. The Balaban J connectivity index is 1.74. The first-order valence-corrected chi connectivity index (χ1v) is 6.13. The predicted molar refractivity (Wildman–Crippen MR) is 54.5 cm³/mol. The lowest BCUT2D eigenvalue weighted by Crippen LogP contribution is -2.39. The van der Waals surface area contributed by atoms with Gasteiger partial charge in [-0.3, -0.25) is 0 Å². The van der Waals surface area contributed by atoms with E-state index >= 15 is 0 Å². The van der Waals surface area contributed by atoms with Gasteiger partial charge in [-0.05, 0) is 55.9 Å². The SMILES string of the molecule is CCNC1CC2CC1C1CCCC21. The summed E-state index contributed by atoms with van der Waals surface area (Å²) in [7, 11) is 0. The third kappa shape index (κ3) is 1.09. The molecule has 0 saturated heterocycles. The molecule has 3 fully saturated rings. The summed E-state index contributed by atoms with van der Waals surface area (Å²) in [5, 5.41) is 3.69. The van der Waals surface area contributed by atoms with Gasteiger partial charge in [0.15, 0.2) is 0 Å². The lowest BCUT2D eigenvalue weighted by Gasteiger charge is -2.31. The van der Waals surface area contributed by atoms with Crippen molar-refractivity contribution in [3.05, 3.63) is 0 Å². The predicted octanol–water partition coefficient (Wildman–Crippen LogP) is 2.42. The number of hydrogen-bond donors (Lipinski definition) is 1. The smallest absolute Gasteiger partial charge is 0.0101 e. The zero-order valence-electron chi connectivity index (χ0n) is 8.63. The van der Waals surface area contributed by atoms with Crippen LogP contribution in [0.2, 0.25) is 0 Å². The number of nitrogens with one attached hydrogen (secondary N) is 1. The molecule has 0 amide bonds. The maximum absolute atomic E-state index is 3.69. The van der Waals surface area contributed by atoms with Crippen LogP contribution >= 0.6 is 0 Å². The van der Waals surface area contributed by atoms with Gasteiger partial charge < -0.3 is 5.32 Å². The van der Waals surface area contributed by atoms with E-state index in [4.69, 9.17) is 0 Å². The molecule has 0 heterocycles. The van der Waals surface area contributed by atoms with Crippen molar-refractivity contribution in [2.24, 2.45) is 23.7 Å². The Morgan fingerprint density at radius 1 is 1.08 bits per heavy atom. The molecule has 0 aromatic heterocycles. The van der Waals surface area contributed by atoms with Gasteiger partial charge in [-0.2, -0.15) is 0 Å². The van der Waals surface area contributed by atoms with Crippen LogP contribution < -0.4 is 5.32 Å². The average molecular weight is 179 g/mol. The molecule has 3 aliphatic carbocycles. The van der Waals surface area contributed by atoms with E-state index in [-0.39, 0.29) is 0 Å². The second kappa shape index (κ2) is 2.98. The minimum absolute atomic E-state index is 0.898. The van der Waals surface area contributed by atoms with Crippen molar-refractivity contribution in [2.45, 2.75) is 45.1 Å². The molecule has 5 unspecified atom stereocenters. The third-order valence-corrected chi connectivity index (χ3v) is 4.90. The summed E-state index contributed by atoms with van der Waals surface area (Å²) >= 11 is 0. The highest BCUT2D eigenvalue weighted by atomic mass is 14.9. The molecule has 74 valence electrons. The van der Waals surface area contributed by atoms with E-state index in [2.05, 4.69) is 12.2 Å². The highest BCUT2D eigenvalue weighted by Gasteiger charge is 2.53. The molecular formula is C12H21N. The molecule has 5 atom stereocenters. The Morgan fingerprint density at radius 3 is 2.77 bits per heavy atom. The van der Waals surface area contributed by atoms with Crippen molar-refractivity contribution < 1.29 is 0 Å². The molecule has 0 aromatic rings. The van der Waals surface area contributed by atoms with Crippen LogP contribution in [0.3, 0.4) is 0 Å². The Kier molecular flexibility index (Phi) is 1.90. The quantitative estimate of drug-likeness (QED) is 0.686. The van der Waals surface area contributed by atoms with Gasteiger partial charge in [-0.1, -0.05) is 13.3 Å². The summed E-state index contributed by atoms with van der Waals surface area (Å²) in [6.07, 6.45) is 7.70. The molecule has 0 aliphatic heterocycles. The van der Waals surface area contributed by atoms with Crippen molar-refractivity contribution in [3.8, 4) is 0 Å². The van der Waals surface area contributed by atoms with E-state index in [0.717, 1.165) is 29.7 Å². The van der Waals surface area contributed by atoms with Gasteiger partial charge in [-0.25, -0.2) is 0 Å². The number of fused-ring (bicyclic) bond motifs is 5. The Bertz CT molecular complexity index is 201. The molecule has 0 aromatic carbocycles. The molecule has 1 heteroatoms. The Morgan fingerprint density at radius 2 is 1.92 bits per heavy atom. The van der Waals surface area contributed by atoms with Crippen LogP contribution in [0.5, 0.6) is 0 Å². The van der Waals surface area contributed by atoms with Gasteiger partial charge in [-0.15, -0.1) is 0 Å². The zero-order valence-corrected chi connectivity index (χ0v) is 8.63. The fraction of sp³-hybridized carbons (Fsp3) is 1.00.